The third-order valence-electron chi connectivity index (χ3n) is 4.23. The van der Waals surface area contributed by atoms with Crippen LogP contribution in [0.15, 0.2) is 30.3 Å². The van der Waals surface area contributed by atoms with E-state index in [1.165, 1.54) is 0 Å². The smallest absolute Gasteiger partial charge is 0.145 e. The maximum absolute atomic E-state index is 4.49. The summed E-state index contributed by atoms with van der Waals surface area (Å²) >= 11 is 0. The number of nitrogens with one attached hydrogen (secondary N) is 1. The van der Waals surface area contributed by atoms with Crippen molar-refractivity contribution in [1.82, 2.24) is 20.1 Å². The highest BCUT2D eigenvalue weighted by molar-refractivity contribution is 5.36. The van der Waals surface area contributed by atoms with E-state index in [1.54, 1.807) is 0 Å². The molecule has 0 aliphatic carbocycles. The van der Waals surface area contributed by atoms with E-state index in [1.807, 2.05) is 13.0 Å². The number of hydrogen-bond acceptors (Lipinski definition) is 3. The lowest BCUT2D eigenvalue weighted by atomic mass is 9.83. The van der Waals surface area contributed by atoms with Gasteiger partial charge in [0.15, 0.2) is 0 Å². The second kappa shape index (κ2) is 4.78. The van der Waals surface area contributed by atoms with Crippen LogP contribution >= 0.6 is 0 Å². The summed E-state index contributed by atoms with van der Waals surface area (Å²) in [6.07, 6.45) is 2.22. The molecule has 2 aromatic rings. The SMILES string of the molecule is CCC1(c2nnc(C)n2-c2ccccc2)CCNC1. The lowest BCUT2D eigenvalue weighted by Crippen LogP contribution is -2.31. The molecule has 0 bridgehead atoms. The molecule has 4 heteroatoms. The van der Waals surface area contributed by atoms with Gasteiger partial charge in [-0.1, -0.05) is 25.1 Å². The van der Waals surface area contributed by atoms with Gasteiger partial charge < -0.3 is 5.32 Å². The van der Waals surface area contributed by atoms with Gasteiger partial charge in [0.25, 0.3) is 0 Å². The summed E-state index contributed by atoms with van der Waals surface area (Å²) in [5.41, 5.74) is 1.27. The molecule has 100 valence electrons. The molecule has 1 unspecified atom stereocenters. The number of nitrogens with zero attached hydrogens (tertiary/aromatic N) is 3. The molecule has 0 spiro atoms. The fraction of sp³-hybridized carbons (Fsp3) is 0.467. The fourth-order valence-electron chi connectivity index (χ4n) is 2.99. The Morgan fingerprint density at radius 2 is 2.05 bits per heavy atom. The minimum absolute atomic E-state index is 0.122. The number of rotatable bonds is 3. The van der Waals surface area contributed by atoms with E-state index in [0.29, 0.717) is 0 Å². The number of hydrogen-bond donors (Lipinski definition) is 1. The molecule has 1 fully saturated rings. The topological polar surface area (TPSA) is 42.7 Å². The standard InChI is InChI=1S/C15H20N4/c1-3-15(9-10-16-11-15)14-18-17-12(2)19(14)13-7-5-4-6-8-13/h4-8,16H,3,9-11H2,1-2H3. The molecule has 0 amide bonds. The van der Waals surface area contributed by atoms with Crippen molar-refractivity contribution in [3.63, 3.8) is 0 Å². The summed E-state index contributed by atoms with van der Waals surface area (Å²) < 4.78 is 2.20. The maximum Gasteiger partial charge on any atom is 0.145 e. The molecule has 1 aromatic carbocycles. The Labute approximate surface area is 113 Å². The molecular formula is C15H20N4. The van der Waals surface area contributed by atoms with Gasteiger partial charge in [0.1, 0.15) is 11.6 Å². The first-order valence-corrected chi connectivity index (χ1v) is 6.95. The Hall–Kier alpha value is -1.68. The number of aryl methyl sites for hydroxylation is 1. The molecule has 1 aliphatic heterocycles. The quantitative estimate of drug-likeness (QED) is 0.915. The highest BCUT2D eigenvalue weighted by atomic mass is 15.3. The first-order valence-electron chi connectivity index (χ1n) is 6.95. The summed E-state index contributed by atoms with van der Waals surface area (Å²) in [5, 5.41) is 12.3. The molecule has 1 saturated heterocycles. The van der Waals surface area contributed by atoms with E-state index in [-0.39, 0.29) is 5.41 Å². The predicted octanol–water partition coefficient (Wildman–Crippen LogP) is 2.22. The van der Waals surface area contributed by atoms with Crippen LogP contribution < -0.4 is 5.32 Å². The lowest BCUT2D eigenvalue weighted by Gasteiger charge is -2.26. The summed E-state index contributed by atoms with van der Waals surface area (Å²) in [5.74, 6) is 2.06. The van der Waals surface area contributed by atoms with Crippen molar-refractivity contribution in [2.45, 2.75) is 32.1 Å². The monoisotopic (exact) mass is 256 g/mol. The summed E-state index contributed by atoms with van der Waals surface area (Å²) in [7, 11) is 0. The third kappa shape index (κ3) is 1.96. The van der Waals surface area contributed by atoms with E-state index in [9.17, 15) is 0 Å². The van der Waals surface area contributed by atoms with Crippen LogP contribution in [0.5, 0.6) is 0 Å². The van der Waals surface area contributed by atoms with Gasteiger partial charge in [-0.05, 0) is 38.4 Å². The van der Waals surface area contributed by atoms with Crippen molar-refractivity contribution in [2.75, 3.05) is 13.1 Å². The normalized spacial score (nSPS) is 22.8. The lowest BCUT2D eigenvalue weighted by molar-refractivity contribution is 0.417. The third-order valence-corrected chi connectivity index (χ3v) is 4.23. The van der Waals surface area contributed by atoms with Crippen LogP contribution in [0.25, 0.3) is 5.69 Å². The van der Waals surface area contributed by atoms with Gasteiger partial charge in [0.2, 0.25) is 0 Å². The van der Waals surface area contributed by atoms with Gasteiger partial charge in [-0.3, -0.25) is 4.57 Å². The van der Waals surface area contributed by atoms with Gasteiger partial charge in [0.05, 0.1) is 0 Å². The van der Waals surface area contributed by atoms with Crippen LogP contribution in [0.1, 0.15) is 31.4 Å². The highest BCUT2D eigenvalue weighted by Gasteiger charge is 2.39. The van der Waals surface area contributed by atoms with Gasteiger partial charge in [-0.25, -0.2) is 0 Å². The first-order chi connectivity index (χ1) is 9.27. The number of benzene rings is 1. The van der Waals surface area contributed by atoms with Crippen molar-refractivity contribution in [2.24, 2.45) is 0 Å². The molecule has 1 N–H and O–H groups in total. The predicted molar refractivity (Wildman–Crippen MR) is 75.6 cm³/mol. The second-order valence-corrected chi connectivity index (χ2v) is 5.30. The summed E-state index contributed by atoms with van der Waals surface area (Å²) in [6, 6.07) is 10.4. The van der Waals surface area contributed by atoms with E-state index < -0.39 is 0 Å². The van der Waals surface area contributed by atoms with Gasteiger partial charge in [0, 0.05) is 17.6 Å². The summed E-state index contributed by atoms with van der Waals surface area (Å²) in [6.45, 7) is 6.32. The Balaban J connectivity index is 2.13. The molecule has 19 heavy (non-hydrogen) atoms. The largest absolute Gasteiger partial charge is 0.316 e. The zero-order chi connectivity index (χ0) is 13.3. The van der Waals surface area contributed by atoms with Crippen LogP contribution in [0.4, 0.5) is 0 Å². The van der Waals surface area contributed by atoms with Crippen LogP contribution in [-0.4, -0.2) is 27.9 Å². The number of aromatic nitrogens is 3. The van der Waals surface area contributed by atoms with Crippen LogP contribution in [0.3, 0.4) is 0 Å². The molecule has 2 heterocycles. The molecule has 3 rings (SSSR count). The van der Waals surface area contributed by atoms with Crippen molar-refractivity contribution >= 4 is 0 Å². The zero-order valence-corrected chi connectivity index (χ0v) is 11.6. The molecule has 1 aromatic heterocycles. The molecule has 1 atom stereocenters. The molecular weight excluding hydrogens is 236 g/mol. The van der Waals surface area contributed by atoms with E-state index in [4.69, 9.17) is 0 Å². The van der Waals surface area contributed by atoms with Crippen molar-refractivity contribution in [3.05, 3.63) is 42.0 Å². The Morgan fingerprint density at radius 3 is 2.68 bits per heavy atom. The van der Waals surface area contributed by atoms with Gasteiger partial charge >= 0.3 is 0 Å². The average Bonchev–Trinajstić information content (AvgIpc) is 3.07. The van der Waals surface area contributed by atoms with E-state index in [0.717, 1.165) is 43.3 Å². The van der Waals surface area contributed by atoms with Gasteiger partial charge in [-0.15, -0.1) is 10.2 Å². The van der Waals surface area contributed by atoms with Crippen LogP contribution in [0.2, 0.25) is 0 Å². The first kappa shape index (κ1) is 12.4. The fourth-order valence-corrected chi connectivity index (χ4v) is 2.99. The second-order valence-electron chi connectivity index (χ2n) is 5.30. The van der Waals surface area contributed by atoms with E-state index in [2.05, 4.69) is 51.3 Å². The van der Waals surface area contributed by atoms with Crippen molar-refractivity contribution < 1.29 is 0 Å². The Kier molecular flexibility index (Phi) is 3.11. The highest BCUT2D eigenvalue weighted by Crippen LogP contribution is 2.34. The zero-order valence-electron chi connectivity index (χ0n) is 11.6. The van der Waals surface area contributed by atoms with Crippen molar-refractivity contribution in [1.29, 1.82) is 0 Å². The minimum Gasteiger partial charge on any atom is -0.316 e. The van der Waals surface area contributed by atoms with Crippen LogP contribution in [-0.2, 0) is 5.41 Å². The molecule has 0 radical (unpaired) electrons. The minimum atomic E-state index is 0.122. The molecule has 4 nitrogen and oxygen atoms in total. The molecule has 1 aliphatic rings. The number of para-hydroxylation sites is 1. The molecule has 0 saturated carbocycles. The Morgan fingerprint density at radius 1 is 1.26 bits per heavy atom. The Bertz CT molecular complexity index is 553. The van der Waals surface area contributed by atoms with Crippen LogP contribution in [0, 0.1) is 6.92 Å². The average molecular weight is 256 g/mol. The maximum atomic E-state index is 4.49. The summed E-state index contributed by atoms with van der Waals surface area (Å²) in [4.78, 5) is 0. The van der Waals surface area contributed by atoms with E-state index >= 15 is 0 Å². The van der Waals surface area contributed by atoms with Crippen molar-refractivity contribution in [3.8, 4) is 5.69 Å². The van der Waals surface area contributed by atoms with Gasteiger partial charge in [-0.2, -0.15) is 0 Å².